The summed E-state index contributed by atoms with van der Waals surface area (Å²) in [5.41, 5.74) is 9.62. The van der Waals surface area contributed by atoms with E-state index in [0.29, 0.717) is 29.3 Å². The summed E-state index contributed by atoms with van der Waals surface area (Å²) in [4.78, 5) is 24.5. The Morgan fingerprint density at radius 2 is 1.81 bits per heavy atom. The molecule has 0 spiro atoms. The number of primary amides is 1. The van der Waals surface area contributed by atoms with Crippen molar-refractivity contribution < 1.29 is 13.2 Å². The second-order valence-corrected chi connectivity index (χ2v) is 10.5. The highest BCUT2D eigenvalue weighted by molar-refractivity contribution is 7.91. The molecule has 3 N–H and O–H groups in total. The molecule has 0 saturated heterocycles. The second-order valence-electron chi connectivity index (χ2n) is 8.43. The number of carbonyl (C=O) groups is 1. The lowest BCUT2D eigenvalue weighted by Crippen LogP contribution is -2.24. The Hall–Kier alpha value is -4.64. The summed E-state index contributed by atoms with van der Waals surface area (Å²) in [5.74, 6) is -1.05. The van der Waals surface area contributed by atoms with Gasteiger partial charge in [-0.2, -0.15) is 0 Å². The molecule has 5 aromatic rings. The zero-order valence-corrected chi connectivity index (χ0v) is 20.5. The van der Waals surface area contributed by atoms with E-state index >= 15 is 0 Å². The predicted octanol–water partition coefficient (Wildman–Crippen LogP) is 2.87. The summed E-state index contributed by atoms with van der Waals surface area (Å²) < 4.78 is 26.3. The molecule has 0 aliphatic carbocycles. The van der Waals surface area contributed by atoms with Gasteiger partial charge < -0.3 is 11.1 Å². The Kier molecular flexibility index (Phi) is 6.60. The third-order valence-corrected chi connectivity index (χ3v) is 7.06. The molecule has 0 radical (unpaired) electrons. The van der Waals surface area contributed by atoms with E-state index in [2.05, 4.69) is 20.4 Å². The molecular formula is C26H23N7O3S. The number of rotatable bonds is 9. The number of benzene rings is 1. The van der Waals surface area contributed by atoms with Crippen LogP contribution in [-0.4, -0.2) is 44.6 Å². The minimum atomic E-state index is -3.72. The standard InChI is InChI=1S/C26H23N7O3S/c27-23(34)17-37(35,36)16-18-12-20(14-28-13-18)25-31-26(30-15-21-8-4-5-10-29-21)24-22(9-11-33(24)32-25)19-6-2-1-3-7-19/h1-14H,15-17H2,(H2,27,34)(H,30,31,32). The first-order chi connectivity index (χ1) is 17.9. The number of hydrogen-bond acceptors (Lipinski definition) is 8. The lowest BCUT2D eigenvalue weighted by atomic mass is 10.1. The van der Waals surface area contributed by atoms with Crippen LogP contribution in [0.5, 0.6) is 0 Å². The number of nitrogens with zero attached hydrogens (tertiary/aromatic N) is 5. The highest BCUT2D eigenvalue weighted by Crippen LogP contribution is 2.31. The van der Waals surface area contributed by atoms with Crippen LogP contribution in [0.25, 0.3) is 28.0 Å². The fourth-order valence-electron chi connectivity index (χ4n) is 4.01. The van der Waals surface area contributed by atoms with Crippen molar-refractivity contribution >= 4 is 27.1 Å². The minimum absolute atomic E-state index is 0.355. The molecule has 10 nitrogen and oxygen atoms in total. The first-order valence-corrected chi connectivity index (χ1v) is 13.2. The first-order valence-electron chi connectivity index (χ1n) is 11.4. The Balaban J connectivity index is 1.56. The summed E-state index contributed by atoms with van der Waals surface area (Å²) in [6, 6.07) is 19.3. The van der Waals surface area contributed by atoms with Crippen LogP contribution in [0.3, 0.4) is 0 Å². The van der Waals surface area contributed by atoms with Gasteiger partial charge in [0.15, 0.2) is 21.5 Å². The molecule has 1 amide bonds. The van der Waals surface area contributed by atoms with E-state index < -0.39 is 21.5 Å². The molecule has 0 aliphatic rings. The van der Waals surface area contributed by atoms with E-state index in [0.717, 1.165) is 22.3 Å². The smallest absolute Gasteiger partial charge is 0.232 e. The van der Waals surface area contributed by atoms with Gasteiger partial charge in [-0.3, -0.25) is 14.8 Å². The van der Waals surface area contributed by atoms with E-state index in [-0.39, 0.29) is 5.75 Å². The molecule has 4 heterocycles. The number of sulfone groups is 1. The lowest BCUT2D eigenvalue weighted by molar-refractivity contribution is -0.115. The van der Waals surface area contributed by atoms with Crippen LogP contribution in [0.4, 0.5) is 5.82 Å². The lowest BCUT2D eigenvalue weighted by Gasteiger charge is -2.12. The Morgan fingerprint density at radius 1 is 1.00 bits per heavy atom. The molecule has 0 fully saturated rings. The average Bonchev–Trinajstić information content (AvgIpc) is 3.32. The average molecular weight is 514 g/mol. The fraction of sp³-hybridized carbons (Fsp3) is 0.115. The van der Waals surface area contributed by atoms with Gasteiger partial charge in [-0.1, -0.05) is 36.4 Å². The summed E-state index contributed by atoms with van der Waals surface area (Å²) in [5, 5.41) is 8.06. The summed E-state index contributed by atoms with van der Waals surface area (Å²) in [7, 11) is -3.72. The van der Waals surface area contributed by atoms with Crippen molar-refractivity contribution in [3.05, 3.63) is 96.7 Å². The van der Waals surface area contributed by atoms with Gasteiger partial charge in [-0.15, -0.1) is 5.10 Å². The van der Waals surface area contributed by atoms with E-state index in [4.69, 9.17) is 10.7 Å². The SMILES string of the molecule is NC(=O)CS(=O)(=O)Cc1cncc(-c2nc(NCc3ccccn3)c3c(-c4ccccc4)ccn3n2)c1. The van der Waals surface area contributed by atoms with E-state index in [1.807, 2.05) is 60.8 Å². The van der Waals surface area contributed by atoms with Crippen LogP contribution in [0.1, 0.15) is 11.3 Å². The number of aromatic nitrogens is 5. The van der Waals surface area contributed by atoms with Gasteiger partial charge in [0, 0.05) is 35.9 Å². The fourth-order valence-corrected chi connectivity index (χ4v) is 5.21. The molecule has 1 aromatic carbocycles. The third-order valence-electron chi connectivity index (χ3n) is 5.56. The first kappa shape index (κ1) is 24.1. The minimum Gasteiger partial charge on any atom is -0.369 e. The highest BCUT2D eigenvalue weighted by Gasteiger charge is 2.18. The number of anilines is 1. The third kappa shape index (κ3) is 5.62. The zero-order chi connectivity index (χ0) is 25.8. The molecule has 5 rings (SSSR count). The van der Waals surface area contributed by atoms with Crippen molar-refractivity contribution in [2.24, 2.45) is 5.73 Å². The van der Waals surface area contributed by atoms with Gasteiger partial charge in [-0.05, 0) is 35.4 Å². The Bertz CT molecular complexity index is 1670. The molecule has 0 atom stereocenters. The monoisotopic (exact) mass is 513 g/mol. The summed E-state index contributed by atoms with van der Waals surface area (Å²) in [6.45, 7) is 0.440. The topological polar surface area (TPSA) is 145 Å². The number of fused-ring (bicyclic) bond motifs is 1. The van der Waals surface area contributed by atoms with Crippen molar-refractivity contribution in [2.45, 2.75) is 12.3 Å². The molecule has 0 aliphatic heterocycles. The van der Waals surface area contributed by atoms with Crippen LogP contribution < -0.4 is 11.1 Å². The van der Waals surface area contributed by atoms with E-state index in [1.165, 1.54) is 6.20 Å². The van der Waals surface area contributed by atoms with Gasteiger partial charge in [0.2, 0.25) is 5.91 Å². The molecular weight excluding hydrogens is 490 g/mol. The molecule has 37 heavy (non-hydrogen) atoms. The van der Waals surface area contributed by atoms with Crippen molar-refractivity contribution in [1.29, 1.82) is 0 Å². The number of amides is 1. The number of nitrogens with two attached hydrogens (primary N) is 1. The maximum atomic E-state index is 12.3. The van der Waals surface area contributed by atoms with Crippen LogP contribution in [0.15, 0.2) is 85.5 Å². The number of nitrogens with one attached hydrogen (secondary N) is 1. The maximum Gasteiger partial charge on any atom is 0.232 e. The van der Waals surface area contributed by atoms with Gasteiger partial charge in [0.25, 0.3) is 0 Å². The number of hydrogen-bond donors (Lipinski definition) is 2. The van der Waals surface area contributed by atoms with Gasteiger partial charge in [0.05, 0.1) is 18.0 Å². The van der Waals surface area contributed by atoms with Crippen LogP contribution in [0.2, 0.25) is 0 Å². The molecule has 0 saturated carbocycles. The largest absolute Gasteiger partial charge is 0.369 e. The van der Waals surface area contributed by atoms with Gasteiger partial charge >= 0.3 is 0 Å². The zero-order valence-electron chi connectivity index (χ0n) is 19.7. The number of carbonyl (C=O) groups excluding carboxylic acids is 1. The number of pyridine rings is 2. The van der Waals surface area contributed by atoms with Crippen LogP contribution in [0, 0.1) is 0 Å². The van der Waals surface area contributed by atoms with Crippen molar-refractivity contribution in [3.8, 4) is 22.5 Å². The van der Waals surface area contributed by atoms with E-state index in [1.54, 1.807) is 23.0 Å². The molecule has 0 unspecified atom stereocenters. The van der Waals surface area contributed by atoms with Gasteiger partial charge in [0.1, 0.15) is 11.3 Å². The van der Waals surface area contributed by atoms with Crippen LogP contribution in [-0.2, 0) is 26.9 Å². The predicted molar refractivity (Wildman–Crippen MR) is 140 cm³/mol. The molecule has 0 bridgehead atoms. The van der Waals surface area contributed by atoms with E-state index in [9.17, 15) is 13.2 Å². The molecule has 4 aromatic heterocycles. The van der Waals surface area contributed by atoms with Crippen LogP contribution >= 0.6 is 0 Å². The molecule has 186 valence electrons. The maximum absolute atomic E-state index is 12.3. The van der Waals surface area contributed by atoms with Crippen molar-refractivity contribution in [3.63, 3.8) is 0 Å². The van der Waals surface area contributed by atoms with Crippen molar-refractivity contribution in [2.75, 3.05) is 11.1 Å². The normalized spacial score (nSPS) is 11.5. The quantitative estimate of drug-likeness (QED) is 0.306. The Morgan fingerprint density at radius 3 is 2.57 bits per heavy atom. The molecule has 11 heteroatoms. The van der Waals surface area contributed by atoms with Crippen molar-refractivity contribution in [1.82, 2.24) is 24.6 Å². The Labute approximate surface area is 213 Å². The summed E-state index contributed by atoms with van der Waals surface area (Å²) >= 11 is 0. The second kappa shape index (κ2) is 10.2. The van der Waals surface area contributed by atoms with Gasteiger partial charge in [-0.25, -0.2) is 17.9 Å². The highest BCUT2D eigenvalue weighted by atomic mass is 32.2. The summed E-state index contributed by atoms with van der Waals surface area (Å²) in [6.07, 6.45) is 6.58.